The van der Waals surface area contributed by atoms with E-state index in [1.807, 2.05) is 7.05 Å². The third kappa shape index (κ3) is 4.35. The van der Waals surface area contributed by atoms with Crippen molar-refractivity contribution in [3.63, 3.8) is 0 Å². The van der Waals surface area contributed by atoms with Gasteiger partial charge in [0.05, 0.1) is 28.4 Å². The van der Waals surface area contributed by atoms with Gasteiger partial charge in [-0.25, -0.2) is 4.98 Å². The largest absolute Gasteiger partial charge is 0.455 e. The third-order valence-electron chi connectivity index (χ3n) is 5.56. The summed E-state index contributed by atoms with van der Waals surface area (Å²) in [5, 5.41) is 3.36. The number of fused-ring (bicyclic) bond motifs is 1. The molecule has 0 aliphatic rings. The van der Waals surface area contributed by atoms with Gasteiger partial charge in [0.15, 0.2) is 5.43 Å². The summed E-state index contributed by atoms with van der Waals surface area (Å²) in [6, 6.07) is 6.31. The van der Waals surface area contributed by atoms with Gasteiger partial charge in [0.2, 0.25) is 0 Å². The molecule has 1 N–H and O–H groups in total. The fourth-order valence-electron chi connectivity index (χ4n) is 3.81. The monoisotopic (exact) mass is 475 g/mol. The Morgan fingerprint density at radius 2 is 1.91 bits per heavy atom. The smallest absolute Gasteiger partial charge is 0.416 e. The van der Waals surface area contributed by atoms with Crippen molar-refractivity contribution in [2.45, 2.75) is 33.0 Å². The number of hydrogen-bond acceptors (Lipinski definition) is 4. The molecular formula is C24H21ClF3N3O2. The van der Waals surface area contributed by atoms with E-state index in [4.69, 9.17) is 16.0 Å². The van der Waals surface area contributed by atoms with Crippen LogP contribution in [0.2, 0.25) is 5.15 Å². The maximum atomic E-state index is 13.7. The Hall–Kier alpha value is -3.26. The highest BCUT2D eigenvalue weighted by Crippen LogP contribution is 2.37. The van der Waals surface area contributed by atoms with Crippen molar-refractivity contribution >= 4 is 28.3 Å². The lowest BCUT2D eigenvalue weighted by Crippen LogP contribution is -2.15. The molecule has 9 heteroatoms. The second-order valence-corrected chi connectivity index (χ2v) is 8.41. The van der Waals surface area contributed by atoms with E-state index in [1.165, 1.54) is 0 Å². The number of rotatable bonds is 4. The first-order valence-corrected chi connectivity index (χ1v) is 10.5. The van der Waals surface area contributed by atoms with Crippen molar-refractivity contribution in [2.75, 3.05) is 5.32 Å². The number of aromatic nitrogens is 2. The van der Waals surface area contributed by atoms with Crippen LogP contribution in [0.1, 0.15) is 35.3 Å². The van der Waals surface area contributed by atoms with Crippen LogP contribution in [-0.4, -0.2) is 9.55 Å². The molecule has 33 heavy (non-hydrogen) atoms. The molecule has 0 bridgehead atoms. The molecule has 4 rings (SSSR count). The molecule has 0 radical (unpaired) electrons. The Morgan fingerprint density at radius 1 is 1.18 bits per heavy atom. The molecule has 0 fully saturated rings. The average molecular weight is 476 g/mol. The van der Waals surface area contributed by atoms with E-state index in [9.17, 15) is 18.0 Å². The number of halogens is 4. The lowest BCUT2D eigenvalue weighted by atomic mass is 9.98. The van der Waals surface area contributed by atoms with Crippen molar-refractivity contribution in [2.24, 2.45) is 7.05 Å². The minimum Gasteiger partial charge on any atom is -0.455 e. The summed E-state index contributed by atoms with van der Waals surface area (Å²) in [6.45, 7) is 4.99. The van der Waals surface area contributed by atoms with Crippen LogP contribution in [0, 0.1) is 13.8 Å². The molecule has 4 aromatic rings. The van der Waals surface area contributed by atoms with Crippen LogP contribution in [-0.2, 0) is 13.2 Å². The normalized spacial score (nSPS) is 12.8. The molecule has 1 atom stereocenters. The first kappa shape index (κ1) is 22.9. The Balaban J connectivity index is 1.95. The van der Waals surface area contributed by atoms with Crippen molar-refractivity contribution in [3.05, 3.63) is 80.5 Å². The van der Waals surface area contributed by atoms with E-state index in [1.54, 1.807) is 55.9 Å². The first-order valence-electron chi connectivity index (χ1n) is 10.2. The number of hydrogen-bond donors (Lipinski definition) is 1. The van der Waals surface area contributed by atoms with E-state index in [0.29, 0.717) is 27.9 Å². The van der Waals surface area contributed by atoms with Crippen LogP contribution in [0.4, 0.5) is 18.9 Å². The van der Waals surface area contributed by atoms with E-state index in [2.05, 4.69) is 10.3 Å². The molecule has 0 amide bonds. The number of anilines is 1. The number of nitrogens with one attached hydrogen (secondary N) is 1. The van der Waals surface area contributed by atoms with Crippen molar-refractivity contribution in [1.82, 2.24) is 9.55 Å². The zero-order valence-electron chi connectivity index (χ0n) is 18.3. The van der Waals surface area contributed by atoms with Crippen LogP contribution in [0.15, 0.2) is 51.9 Å². The second-order valence-electron chi connectivity index (χ2n) is 8.02. The van der Waals surface area contributed by atoms with E-state index < -0.39 is 23.2 Å². The first-order chi connectivity index (χ1) is 15.5. The Labute approximate surface area is 192 Å². The zero-order valence-corrected chi connectivity index (χ0v) is 19.1. The van der Waals surface area contributed by atoms with Crippen molar-refractivity contribution in [3.8, 4) is 11.3 Å². The third-order valence-corrected chi connectivity index (χ3v) is 5.77. The molecule has 0 saturated heterocycles. The topological polar surface area (TPSA) is 60.1 Å². The lowest BCUT2D eigenvalue weighted by Gasteiger charge is -2.20. The quantitative estimate of drug-likeness (QED) is 0.335. The van der Waals surface area contributed by atoms with Gasteiger partial charge >= 0.3 is 6.18 Å². The Kier molecular flexibility index (Phi) is 5.74. The Morgan fingerprint density at radius 3 is 2.52 bits per heavy atom. The van der Waals surface area contributed by atoms with E-state index in [-0.39, 0.29) is 22.1 Å². The van der Waals surface area contributed by atoms with Crippen LogP contribution < -0.4 is 10.7 Å². The average Bonchev–Trinajstić information content (AvgIpc) is 3.17. The maximum Gasteiger partial charge on any atom is 0.416 e. The van der Waals surface area contributed by atoms with E-state index >= 15 is 0 Å². The van der Waals surface area contributed by atoms with Gasteiger partial charge in [-0.3, -0.25) is 4.79 Å². The molecule has 5 nitrogen and oxygen atoms in total. The molecule has 0 unspecified atom stereocenters. The number of nitrogens with zero attached hydrogens (tertiary/aromatic N) is 2. The van der Waals surface area contributed by atoms with Gasteiger partial charge in [0.1, 0.15) is 16.5 Å². The Bertz CT molecular complexity index is 1420. The van der Waals surface area contributed by atoms with Gasteiger partial charge in [-0.05, 0) is 51.1 Å². The summed E-state index contributed by atoms with van der Waals surface area (Å²) in [5.74, 6) is 0.325. The van der Waals surface area contributed by atoms with Gasteiger partial charge in [-0.15, -0.1) is 0 Å². The summed E-state index contributed by atoms with van der Waals surface area (Å²) in [5.41, 5.74) is 1.02. The van der Waals surface area contributed by atoms with E-state index in [0.717, 1.165) is 12.1 Å². The molecule has 0 aliphatic carbocycles. The molecular weight excluding hydrogens is 455 g/mol. The van der Waals surface area contributed by atoms with Gasteiger partial charge in [-0.2, -0.15) is 13.2 Å². The summed E-state index contributed by atoms with van der Waals surface area (Å²) in [7, 11) is 1.83. The predicted molar refractivity (Wildman–Crippen MR) is 123 cm³/mol. The van der Waals surface area contributed by atoms with Crippen LogP contribution in [0.25, 0.3) is 22.3 Å². The fraction of sp³-hybridized carbons (Fsp3) is 0.250. The van der Waals surface area contributed by atoms with Crippen molar-refractivity contribution in [1.29, 1.82) is 0 Å². The van der Waals surface area contributed by atoms with Crippen LogP contribution in [0.3, 0.4) is 0 Å². The SMILES string of the molecule is Cc1nc(Cl)ccc1N[C@H](C)c1cc(C(F)(F)F)cc2c(=O)c(C)c(-c3ccn(C)c3)oc12. The summed E-state index contributed by atoms with van der Waals surface area (Å²) < 4.78 is 49.0. The summed E-state index contributed by atoms with van der Waals surface area (Å²) >= 11 is 5.91. The zero-order chi connectivity index (χ0) is 24.1. The summed E-state index contributed by atoms with van der Waals surface area (Å²) in [4.78, 5) is 17.3. The lowest BCUT2D eigenvalue weighted by molar-refractivity contribution is -0.137. The molecule has 3 heterocycles. The molecule has 3 aromatic heterocycles. The number of aryl methyl sites for hydroxylation is 2. The molecule has 1 aromatic carbocycles. The minimum atomic E-state index is -4.63. The second kappa shape index (κ2) is 8.26. The van der Waals surface area contributed by atoms with Crippen molar-refractivity contribution < 1.29 is 17.6 Å². The molecule has 0 saturated carbocycles. The highest BCUT2D eigenvalue weighted by atomic mass is 35.5. The summed E-state index contributed by atoms with van der Waals surface area (Å²) in [6.07, 6.45) is -1.04. The van der Waals surface area contributed by atoms with Gasteiger partial charge in [0, 0.05) is 36.1 Å². The fourth-order valence-corrected chi connectivity index (χ4v) is 4.00. The van der Waals surface area contributed by atoms with Gasteiger partial charge in [0.25, 0.3) is 0 Å². The number of alkyl halides is 3. The molecule has 172 valence electrons. The molecule has 0 aliphatic heterocycles. The highest BCUT2D eigenvalue weighted by Gasteiger charge is 2.33. The van der Waals surface area contributed by atoms with Crippen LogP contribution in [0.5, 0.6) is 0 Å². The number of pyridine rings is 1. The minimum absolute atomic E-state index is 0.108. The number of benzene rings is 1. The predicted octanol–water partition coefficient (Wildman–Crippen LogP) is 6.66. The van der Waals surface area contributed by atoms with Gasteiger partial charge < -0.3 is 14.3 Å². The molecule has 0 spiro atoms. The van der Waals surface area contributed by atoms with Crippen LogP contribution >= 0.6 is 11.6 Å². The maximum absolute atomic E-state index is 13.7. The van der Waals surface area contributed by atoms with Gasteiger partial charge in [-0.1, -0.05) is 11.6 Å². The standard InChI is InChI=1S/C24H21ClF3N3O2/c1-12-21(32)18-10-16(24(26,27)28)9-17(13(2)29-19-5-6-20(25)30-14(19)3)23(18)33-22(12)15-7-8-31(4)11-15/h5-11,13,29H,1-4H3/t13-/m1/s1. The highest BCUT2D eigenvalue weighted by molar-refractivity contribution is 6.29.